The fourth-order valence-corrected chi connectivity index (χ4v) is 20.0. The van der Waals surface area contributed by atoms with Gasteiger partial charge in [-0.15, -0.1) is 0 Å². The van der Waals surface area contributed by atoms with Crippen LogP contribution in [0.1, 0.15) is 44.5 Å². The monoisotopic (exact) mass is 1500 g/mol. The number of ether oxygens (including phenoxy) is 2. The van der Waals surface area contributed by atoms with Crippen LogP contribution in [0, 0.1) is 0 Å². The number of rotatable bonds is 6. The quantitative estimate of drug-likeness (QED) is 0.162. The summed E-state index contributed by atoms with van der Waals surface area (Å²) in [6.45, 7) is 0. The molecule has 0 aliphatic carbocycles. The molecule has 0 saturated heterocycles. The van der Waals surface area contributed by atoms with E-state index < -0.39 is 10.8 Å². The van der Waals surface area contributed by atoms with Gasteiger partial charge in [0.05, 0.1) is 55.4 Å². The summed E-state index contributed by atoms with van der Waals surface area (Å²) in [6, 6.07) is 138. The van der Waals surface area contributed by atoms with Crippen LogP contribution < -0.4 is 9.47 Å². The van der Waals surface area contributed by atoms with Crippen LogP contribution in [0.2, 0.25) is 0 Å². The molecule has 2 spiro atoms. The average Bonchev–Trinajstić information content (AvgIpc) is 1.31. The normalized spacial score (nSPS) is 15.0. The van der Waals surface area contributed by atoms with Crippen molar-refractivity contribution in [2.24, 2.45) is 0 Å². The molecule has 4 aromatic heterocycles. The third kappa shape index (κ3) is 9.39. The van der Waals surface area contributed by atoms with Gasteiger partial charge in [0.25, 0.3) is 0 Å². The summed E-state index contributed by atoms with van der Waals surface area (Å²) >= 11 is 0. The predicted octanol–water partition coefficient (Wildman–Crippen LogP) is 26.2. The number of hydrogen-bond acceptors (Lipinski definition) is 8. The average molecular weight is 1510 g/mol. The van der Waals surface area contributed by atoms with Gasteiger partial charge in [0.15, 0.2) is 34.9 Å². The van der Waals surface area contributed by atoms with Crippen LogP contribution in [0.5, 0.6) is 23.0 Å². The lowest BCUT2D eigenvalue weighted by Crippen LogP contribution is -2.38. The van der Waals surface area contributed by atoms with Crippen LogP contribution in [0.4, 0.5) is 0 Å². The second kappa shape index (κ2) is 25.4. The topological polar surface area (TPSA) is 106 Å². The first-order valence-corrected chi connectivity index (χ1v) is 40.1. The Balaban J connectivity index is 0.000000131. The minimum Gasteiger partial charge on any atom is -0.456 e. The van der Waals surface area contributed by atoms with E-state index in [2.05, 4.69) is 397 Å². The summed E-state index contributed by atoms with van der Waals surface area (Å²) in [7, 11) is 0. The molecule has 0 amide bonds. The molecule has 8 heterocycles. The van der Waals surface area contributed by atoms with Gasteiger partial charge in [-0.05, 0) is 126 Å². The van der Waals surface area contributed by atoms with Gasteiger partial charge in [0.2, 0.25) is 0 Å². The highest BCUT2D eigenvalue weighted by Gasteiger charge is 2.53. The van der Waals surface area contributed by atoms with E-state index in [-0.39, 0.29) is 0 Å². The summed E-state index contributed by atoms with van der Waals surface area (Å²) in [6.07, 6.45) is 0. The molecule has 22 aromatic rings. The lowest BCUT2D eigenvalue weighted by atomic mass is 9.61. The molecular weight excluding hydrogens is 1440 g/mol. The number of hydrogen-bond donors (Lipinski definition) is 0. The van der Waals surface area contributed by atoms with E-state index in [4.69, 9.17) is 39.4 Å². The molecule has 0 radical (unpaired) electrons. The van der Waals surface area contributed by atoms with Crippen molar-refractivity contribution in [3.8, 4) is 103 Å². The van der Waals surface area contributed by atoms with Crippen LogP contribution >= 0.6 is 0 Å². The van der Waals surface area contributed by atoms with Gasteiger partial charge in [-0.25, -0.2) is 29.9 Å². The van der Waals surface area contributed by atoms with Gasteiger partial charge in [-0.2, -0.15) is 0 Å². The summed E-state index contributed by atoms with van der Waals surface area (Å²) < 4.78 is 19.2. The Kier molecular flexibility index (Phi) is 14.1. The molecule has 2 unspecified atom stereocenters. The molecule has 0 fully saturated rings. The summed E-state index contributed by atoms with van der Waals surface area (Å²) in [5.41, 5.74) is 20.1. The third-order valence-corrected chi connectivity index (χ3v) is 25.0. The molecule has 10 nitrogen and oxygen atoms in total. The Morgan fingerprint density at radius 3 is 0.975 bits per heavy atom. The van der Waals surface area contributed by atoms with E-state index in [1.165, 1.54) is 65.9 Å². The van der Waals surface area contributed by atoms with Gasteiger partial charge in [-0.3, -0.25) is 0 Å². The van der Waals surface area contributed by atoms with E-state index in [0.717, 1.165) is 133 Å². The second-order valence-electron chi connectivity index (χ2n) is 31.0. The highest BCUT2D eigenvalue weighted by molar-refractivity contribution is 6.14. The lowest BCUT2D eigenvalue weighted by molar-refractivity contribution is 0.435. The maximum atomic E-state index is 7.17. The Labute approximate surface area is 677 Å². The van der Waals surface area contributed by atoms with Gasteiger partial charge < -0.3 is 18.6 Å². The molecular formula is C108H64N8O2. The Morgan fingerprint density at radius 2 is 0.508 bits per heavy atom. The largest absolute Gasteiger partial charge is 0.456 e. The first kappa shape index (κ1) is 65.7. The Bertz CT molecular complexity index is 7870. The van der Waals surface area contributed by atoms with Crippen LogP contribution in [0.25, 0.3) is 166 Å². The maximum Gasteiger partial charge on any atom is 0.167 e. The molecule has 118 heavy (non-hydrogen) atoms. The van der Waals surface area contributed by atoms with E-state index in [1.807, 2.05) is 0 Å². The van der Waals surface area contributed by atoms with E-state index in [0.29, 0.717) is 34.9 Å². The van der Waals surface area contributed by atoms with Crippen molar-refractivity contribution in [2.75, 3.05) is 0 Å². The fourth-order valence-electron chi connectivity index (χ4n) is 20.0. The van der Waals surface area contributed by atoms with E-state index in [1.54, 1.807) is 0 Å². The molecule has 548 valence electrons. The number of aromatic nitrogens is 8. The Morgan fingerprint density at radius 1 is 0.203 bits per heavy atom. The van der Waals surface area contributed by atoms with Crippen molar-refractivity contribution >= 4 is 86.7 Å². The van der Waals surface area contributed by atoms with Crippen LogP contribution in [-0.4, -0.2) is 39.0 Å². The predicted molar refractivity (Wildman–Crippen MR) is 475 cm³/mol. The van der Waals surface area contributed by atoms with Gasteiger partial charge in [0, 0.05) is 66.1 Å². The number of para-hydroxylation sites is 10. The molecule has 4 aliphatic heterocycles. The molecule has 26 rings (SSSR count). The smallest absolute Gasteiger partial charge is 0.167 e. The number of nitrogens with zero attached hydrogens (tertiary/aromatic N) is 8. The SMILES string of the molecule is c1ccc2c(c1)Oc1c(-c3nc(-c4ccc5ccccc5c4)nc(-c4ccc5ccccc5c4)n3)cccc1C21c2ccccc2-n2c3ccccc3c3cccc1c32.c1ccc2c(c1)Oc1c(-c3nc(-c4cccc5ccccc45)nc(-c4cccc5ccccc45)n3)cccc1C21c2ccccc2-n2c3ccccc3c3cccc1c32. The summed E-state index contributed by atoms with van der Waals surface area (Å²) in [5, 5.41) is 13.9. The first-order chi connectivity index (χ1) is 58.5. The maximum absolute atomic E-state index is 7.17. The molecule has 0 N–H and O–H groups in total. The third-order valence-electron chi connectivity index (χ3n) is 25.0. The zero-order valence-corrected chi connectivity index (χ0v) is 63.3. The van der Waals surface area contributed by atoms with Gasteiger partial charge in [0.1, 0.15) is 23.0 Å². The highest BCUT2D eigenvalue weighted by Crippen LogP contribution is 2.64. The Hall–Kier alpha value is -15.8. The fraction of sp³-hybridized carbons (Fsp3) is 0.0185. The highest BCUT2D eigenvalue weighted by atomic mass is 16.5. The van der Waals surface area contributed by atoms with Crippen molar-refractivity contribution in [1.29, 1.82) is 0 Å². The number of fused-ring (bicyclic) bond motifs is 26. The zero-order chi connectivity index (χ0) is 77.3. The molecule has 2 atom stereocenters. The van der Waals surface area contributed by atoms with Crippen LogP contribution in [0.3, 0.4) is 0 Å². The van der Waals surface area contributed by atoms with Crippen LogP contribution in [-0.2, 0) is 10.8 Å². The van der Waals surface area contributed by atoms with Crippen molar-refractivity contribution in [1.82, 2.24) is 39.0 Å². The second-order valence-corrected chi connectivity index (χ2v) is 31.0. The molecule has 4 aliphatic rings. The minimum atomic E-state index is -0.718. The number of benzene rings is 18. The lowest BCUT2D eigenvalue weighted by Gasteiger charge is -2.45. The van der Waals surface area contributed by atoms with Crippen LogP contribution in [0.15, 0.2) is 388 Å². The first-order valence-electron chi connectivity index (χ1n) is 40.1. The van der Waals surface area contributed by atoms with Crippen molar-refractivity contribution in [2.45, 2.75) is 10.8 Å². The summed E-state index contributed by atoms with van der Waals surface area (Å²) in [5.74, 6) is 6.61. The summed E-state index contributed by atoms with van der Waals surface area (Å²) in [4.78, 5) is 31.8. The molecule has 10 heteroatoms. The molecule has 18 aromatic carbocycles. The van der Waals surface area contributed by atoms with Crippen molar-refractivity contribution < 1.29 is 9.47 Å². The standard InChI is InChI=1S/2C54H32N4O/c1-3-19-35-33(15-1)17-11-23-39(35)51-55-52(40-24-12-18-34-16-2-4-20-36(34)40)57-53(56-51)41-25-14-29-45-50(41)59-48-32-10-7-27-43(48)54(45)42-26-6-9-31-47(42)58-46-30-8-5-21-37(46)38-22-13-28-44(54)49(38)58;1-3-15-35-31-37(29-27-33(35)13-1)51-55-52(38-30-28-34-14-2-4-16-36(34)32-38)57-53(56-51)41-19-12-23-45-50(41)59-48-26-10-7-21-43(48)54(45)42-20-6-9-25-47(42)58-46-24-8-5-17-39(46)40-18-11-22-44(54)49(40)58/h2*1-32H. The molecule has 0 saturated carbocycles. The molecule has 0 bridgehead atoms. The minimum absolute atomic E-state index is 0.550. The van der Waals surface area contributed by atoms with Crippen molar-refractivity contribution in [3.63, 3.8) is 0 Å². The van der Waals surface area contributed by atoms with Gasteiger partial charge >= 0.3 is 0 Å². The zero-order valence-electron chi connectivity index (χ0n) is 63.3. The van der Waals surface area contributed by atoms with Gasteiger partial charge in [-0.1, -0.05) is 328 Å². The van der Waals surface area contributed by atoms with E-state index >= 15 is 0 Å². The van der Waals surface area contributed by atoms with Crippen molar-refractivity contribution in [3.05, 3.63) is 433 Å². The van der Waals surface area contributed by atoms with E-state index in [9.17, 15) is 0 Å².